The van der Waals surface area contributed by atoms with Crippen molar-refractivity contribution in [2.24, 2.45) is 11.8 Å². The normalized spacial score (nSPS) is 13.7. The molecule has 2 aromatic rings. The van der Waals surface area contributed by atoms with E-state index in [-0.39, 0.29) is 25.4 Å². The molecule has 12 heteroatoms. The van der Waals surface area contributed by atoms with Gasteiger partial charge < -0.3 is 20.7 Å². The van der Waals surface area contributed by atoms with Crippen LogP contribution in [0.4, 0.5) is 18.0 Å². The molecule has 2 rings (SSSR count). The molecule has 3 atom stereocenters. The first kappa shape index (κ1) is 32.3. The lowest BCUT2D eigenvalue weighted by atomic mass is 9.97. The Bertz CT molecular complexity index is 1130. The van der Waals surface area contributed by atoms with Crippen molar-refractivity contribution in [3.8, 4) is 0 Å². The molecule has 0 aliphatic rings. The lowest BCUT2D eigenvalue weighted by Gasteiger charge is -2.27. The van der Waals surface area contributed by atoms with E-state index in [1.165, 1.54) is 26.2 Å². The zero-order valence-corrected chi connectivity index (χ0v) is 22.8. The van der Waals surface area contributed by atoms with Gasteiger partial charge in [-0.25, -0.2) is 4.79 Å². The third kappa shape index (κ3) is 10.7. The van der Waals surface area contributed by atoms with Gasteiger partial charge in [0.25, 0.3) is 5.78 Å². The molecule has 0 bridgehead atoms. The van der Waals surface area contributed by atoms with Gasteiger partial charge in [-0.3, -0.25) is 19.4 Å². The summed E-state index contributed by atoms with van der Waals surface area (Å²) in [6, 6.07) is 7.90. The summed E-state index contributed by atoms with van der Waals surface area (Å²) in [7, 11) is 0. The number of Topliss-reactive ketones (excluding diaryl/α,β-unsaturated/α-hetero) is 1. The average molecular weight is 565 g/mol. The largest absolute Gasteiger partial charge is 0.452 e. The standard InChI is InChI=1S/C28H35F3N4O5/c1-17(2)14-21(26(38)35-23(18(3)4)24(36)28(29,30)31)33-25(37)22(15-19-10-12-32-13-11-19)34-27(39)40-16-20-8-6-5-7-9-20/h5-13,17-18,21-23H,14-16H2,1-4H3,(H,33,37)(H,34,39)(H,35,38)/t21-,22-,23-/m0/s1. The van der Waals surface area contributed by atoms with E-state index in [9.17, 15) is 32.3 Å². The number of amides is 3. The number of rotatable bonds is 13. The number of carbonyl (C=O) groups excluding carboxylic acids is 4. The van der Waals surface area contributed by atoms with Crippen molar-refractivity contribution in [2.45, 2.75) is 71.4 Å². The topological polar surface area (TPSA) is 126 Å². The molecule has 0 unspecified atom stereocenters. The monoisotopic (exact) mass is 564 g/mol. The van der Waals surface area contributed by atoms with Gasteiger partial charge in [-0.15, -0.1) is 0 Å². The molecule has 0 fully saturated rings. The number of benzene rings is 1. The van der Waals surface area contributed by atoms with Gasteiger partial charge in [0.1, 0.15) is 18.7 Å². The second-order valence-corrected chi connectivity index (χ2v) is 10.1. The van der Waals surface area contributed by atoms with Gasteiger partial charge in [0.15, 0.2) is 0 Å². The number of hydrogen-bond acceptors (Lipinski definition) is 6. The summed E-state index contributed by atoms with van der Waals surface area (Å²) < 4.78 is 44.6. The van der Waals surface area contributed by atoms with Crippen molar-refractivity contribution in [2.75, 3.05) is 0 Å². The summed E-state index contributed by atoms with van der Waals surface area (Å²) in [4.78, 5) is 54.8. The van der Waals surface area contributed by atoms with Crippen molar-refractivity contribution in [3.05, 3.63) is 66.0 Å². The first-order chi connectivity index (χ1) is 18.8. The maximum Gasteiger partial charge on any atom is 0.452 e. The molecule has 0 saturated heterocycles. The van der Waals surface area contributed by atoms with Crippen LogP contribution in [0.3, 0.4) is 0 Å². The van der Waals surface area contributed by atoms with Gasteiger partial charge in [0.2, 0.25) is 11.8 Å². The number of pyridine rings is 1. The van der Waals surface area contributed by atoms with Gasteiger partial charge in [0, 0.05) is 18.8 Å². The van der Waals surface area contributed by atoms with Crippen LogP contribution < -0.4 is 16.0 Å². The number of ether oxygens (including phenoxy) is 1. The Labute approximate surface area is 231 Å². The average Bonchev–Trinajstić information content (AvgIpc) is 2.89. The van der Waals surface area contributed by atoms with Gasteiger partial charge in [0.05, 0.1) is 6.04 Å². The fraction of sp³-hybridized carbons (Fsp3) is 0.464. The highest BCUT2D eigenvalue weighted by Gasteiger charge is 2.45. The molecule has 0 aliphatic carbocycles. The number of alkyl halides is 3. The molecule has 3 N–H and O–H groups in total. The molecule has 1 heterocycles. The van der Waals surface area contributed by atoms with E-state index >= 15 is 0 Å². The second kappa shape index (κ2) is 15.0. The van der Waals surface area contributed by atoms with Crippen LogP contribution in [-0.4, -0.2) is 53.0 Å². The smallest absolute Gasteiger partial charge is 0.445 e. The van der Waals surface area contributed by atoms with E-state index in [0.717, 1.165) is 5.56 Å². The highest BCUT2D eigenvalue weighted by Crippen LogP contribution is 2.21. The number of ketones is 1. The molecular weight excluding hydrogens is 529 g/mol. The Morgan fingerprint density at radius 2 is 1.43 bits per heavy atom. The lowest BCUT2D eigenvalue weighted by Crippen LogP contribution is -2.58. The Morgan fingerprint density at radius 1 is 0.825 bits per heavy atom. The van der Waals surface area contributed by atoms with E-state index in [4.69, 9.17) is 4.74 Å². The minimum atomic E-state index is -5.14. The first-order valence-electron chi connectivity index (χ1n) is 12.9. The molecule has 1 aromatic heterocycles. The van der Waals surface area contributed by atoms with Crippen LogP contribution in [-0.2, 0) is 32.1 Å². The van der Waals surface area contributed by atoms with Crippen LogP contribution in [0.1, 0.15) is 45.2 Å². The van der Waals surface area contributed by atoms with Gasteiger partial charge in [-0.2, -0.15) is 13.2 Å². The molecule has 1 aromatic carbocycles. The summed E-state index contributed by atoms with van der Waals surface area (Å²) in [5, 5.41) is 7.20. The van der Waals surface area contributed by atoms with Gasteiger partial charge in [-0.05, 0) is 41.5 Å². The third-order valence-corrected chi connectivity index (χ3v) is 5.88. The molecule has 3 amide bonds. The van der Waals surface area contributed by atoms with Crippen LogP contribution in [0.2, 0.25) is 0 Å². The minimum Gasteiger partial charge on any atom is -0.445 e. The summed E-state index contributed by atoms with van der Waals surface area (Å²) in [6.45, 7) is 6.24. The van der Waals surface area contributed by atoms with Crippen molar-refractivity contribution in [3.63, 3.8) is 0 Å². The fourth-order valence-electron chi connectivity index (χ4n) is 3.81. The SMILES string of the molecule is CC(C)C[C@H](NC(=O)[C@H](Cc1ccncc1)NC(=O)OCc1ccccc1)C(=O)N[C@H](C(=O)C(F)(F)F)C(C)C. The summed E-state index contributed by atoms with van der Waals surface area (Å²) in [6.07, 6.45) is -2.90. The van der Waals surface area contributed by atoms with Crippen molar-refractivity contribution >= 4 is 23.7 Å². The van der Waals surface area contributed by atoms with E-state index < -0.39 is 53.9 Å². The van der Waals surface area contributed by atoms with Crippen molar-refractivity contribution in [1.29, 1.82) is 0 Å². The van der Waals surface area contributed by atoms with E-state index in [1.807, 2.05) is 6.07 Å². The Hall–Kier alpha value is -3.96. The molecule has 40 heavy (non-hydrogen) atoms. The number of carbonyl (C=O) groups is 4. The zero-order valence-electron chi connectivity index (χ0n) is 22.8. The highest BCUT2D eigenvalue weighted by molar-refractivity contribution is 5.96. The Kier molecular flexibility index (Phi) is 12.1. The van der Waals surface area contributed by atoms with E-state index in [1.54, 1.807) is 50.2 Å². The fourth-order valence-corrected chi connectivity index (χ4v) is 3.81. The number of hydrogen-bond donors (Lipinski definition) is 3. The minimum absolute atomic E-state index is 0.0198. The van der Waals surface area contributed by atoms with Crippen LogP contribution >= 0.6 is 0 Å². The molecule has 0 radical (unpaired) electrons. The molecule has 0 spiro atoms. The number of alkyl carbamates (subject to hydrolysis) is 1. The van der Waals surface area contributed by atoms with Crippen LogP contribution in [0.15, 0.2) is 54.9 Å². The van der Waals surface area contributed by atoms with E-state index in [2.05, 4.69) is 20.9 Å². The number of halogens is 3. The molecule has 218 valence electrons. The Morgan fingerprint density at radius 3 is 1.98 bits per heavy atom. The number of nitrogens with one attached hydrogen (secondary N) is 3. The van der Waals surface area contributed by atoms with Crippen LogP contribution in [0.5, 0.6) is 0 Å². The lowest BCUT2D eigenvalue weighted by molar-refractivity contribution is -0.175. The number of aromatic nitrogens is 1. The predicted octanol–water partition coefficient (Wildman–Crippen LogP) is 3.72. The summed E-state index contributed by atoms with van der Waals surface area (Å²) in [5.41, 5.74) is 1.38. The van der Waals surface area contributed by atoms with Gasteiger partial charge in [-0.1, -0.05) is 58.0 Å². The predicted molar refractivity (Wildman–Crippen MR) is 141 cm³/mol. The van der Waals surface area contributed by atoms with Crippen molar-refractivity contribution < 1.29 is 37.1 Å². The molecule has 0 aliphatic heterocycles. The van der Waals surface area contributed by atoms with Gasteiger partial charge >= 0.3 is 12.3 Å². The van der Waals surface area contributed by atoms with E-state index in [0.29, 0.717) is 5.56 Å². The molecule has 0 saturated carbocycles. The molecular formula is C28H35F3N4O5. The summed E-state index contributed by atoms with van der Waals surface area (Å²) >= 11 is 0. The highest BCUT2D eigenvalue weighted by atomic mass is 19.4. The second-order valence-electron chi connectivity index (χ2n) is 10.1. The number of nitrogens with zero attached hydrogens (tertiary/aromatic N) is 1. The maximum absolute atomic E-state index is 13.3. The van der Waals surface area contributed by atoms with Crippen LogP contribution in [0, 0.1) is 11.8 Å². The Balaban J connectivity index is 2.20. The maximum atomic E-state index is 13.3. The van der Waals surface area contributed by atoms with Crippen LogP contribution in [0.25, 0.3) is 0 Å². The quantitative estimate of drug-likeness (QED) is 0.341. The summed E-state index contributed by atoms with van der Waals surface area (Å²) in [5.74, 6) is -4.77. The molecule has 9 nitrogen and oxygen atoms in total. The first-order valence-corrected chi connectivity index (χ1v) is 12.9. The zero-order chi connectivity index (χ0) is 29.9. The third-order valence-electron chi connectivity index (χ3n) is 5.88. The van der Waals surface area contributed by atoms with Crippen molar-refractivity contribution in [1.82, 2.24) is 20.9 Å².